The highest BCUT2D eigenvalue weighted by Crippen LogP contribution is 2.27. The molecule has 29 heavy (non-hydrogen) atoms. The molecule has 2 aromatic rings. The van der Waals surface area contributed by atoms with Crippen LogP contribution in [0.25, 0.3) is 0 Å². The van der Waals surface area contributed by atoms with Crippen LogP contribution in [0.5, 0.6) is 5.75 Å². The standard InChI is InChI=1S/C25H25FO3/c1-16-13-17(2)21(25(28)14-16)11-12-24(27)19-9-10-22(23(26)15-19)18(3)29-20-7-5-4-6-8-20/h4-10,13,15,18H,11-12,14H2,1-3H3/t18-/m1/s1. The summed E-state index contributed by atoms with van der Waals surface area (Å²) in [6, 6.07) is 13.7. The van der Waals surface area contributed by atoms with E-state index in [-0.39, 0.29) is 18.0 Å². The molecule has 3 nitrogen and oxygen atoms in total. The Morgan fingerprint density at radius 2 is 1.86 bits per heavy atom. The lowest BCUT2D eigenvalue weighted by molar-refractivity contribution is -0.115. The van der Waals surface area contributed by atoms with E-state index in [0.717, 1.165) is 11.1 Å². The van der Waals surface area contributed by atoms with Crippen molar-refractivity contribution < 1.29 is 18.7 Å². The number of rotatable bonds is 7. The van der Waals surface area contributed by atoms with Gasteiger partial charge in [-0.15, -0.1) is 0 Å². The van der Waals surface area contributed by atoms with Crippen LogP contribution in [0.3, 0.4) is 0 Å². The Morgan fingerprint density at radius 1 is 1.14 bits per heavy atom. The number of halogens is 1. The highest BCUT2D eigenvalue weighted by atomic mass is 19.1. The van der Waals surface area contributed by atoms with Crippen molar-refractivity contribution >= 4 is 11.6 Å². The number of para-hydroxylation sites is 1. The highest BCUT2D eigenvalue weighted by molar-refractivity contribution is 6.01. The summed E-state index contributed by atoms with van der Waals surface area (Å²) in [7, 11) is 0. The molecule has 1 aliphatic rings. The zero-order chi connectivity index (χ0) is 21.0. The molecule has 4 heteroatoms. The van der Waals surface area contributed by atoms with E-state index in [1.54, 1.807) is 19.1 Å². The second-order valence-electron chi connectivity index (χ2n) is 7.48. The lowest BCUT2D eigenvalue weighted by atomic mass is 9.89. The second kappa shape index (κ2) is 8.99. The second-order valence-corrected chi connectivity index (χ2v) is 7.48. The van der Waals surface area contributed by atoms with E-state index in [9.17, 15) is 14.0 Å². The lowest BCUT2D eigenvalue weighted by Crippen LogP contribution is -2.12. The largest absolute Gasteiger partial charge is 0.486 e. The molecule has 0 unspecified atom stereocenters. The first-order valence-electron chi connectivity index (χ1n) is 9.79. The Morgan fingerprint density at radius 3 is 2.52 bits per heavy atom. The fraction of sp³-hybridized carbons (Fsp3) is 0.280. The van der Waals surface area contributed by atoms with Crippen LogP contribution in [0.1, 0.15) is 62.1 Å². The van der Waals surface area contributed by atoms with Gasteiger partial charge in [0.15, 0.2) is 11.6 Å². The van der Waals surface area contributed by atoms with Crippen LogP contribution in [0, 0.1) is 5.82 Å². The quantitative estimate of drug-likeness (QED) is 0.530. The summed E-state index contributed by atoms with van der Waals surface area (Å²) in [4.78, 5) is 24.7. The van der Waals surface area contributed by atoms with E-state index >= 15 is 0 Å². The molecule has 1 atom stereocenters. The molecule has 0 radical (unpaired) electrons. The highest BCUT2D eigenvalue weighted by Gasteiger charge is 2.20. The molecule has 0 saturated carbocycles. The van der Waals surface area contributed by atoms with Gasteiger partial charge in [0.2, 0.25) is 0 Å². The minimum Gasteiger partial charge on any atom is -0.486 e. The third-order valence-electron chi connectivity index (χ3n) is 5.13. The number of benzene rings is 2. The molecule has 0 amide bonds. The van der Waals surface area contributed by atoms with Gasteiger partial charge in [0.05, 0.1) is 0 Å². The first-order chi connectivity index (χ1) is 13.8. The van der Waals surface area contributed by atoms with Crippen LogP contribution in [-0.4, -0.2) is 11.6 Å². The first kappa shape index (κ1) is 20.7. The van der Waals surface area contributed by atoms with Gasteiger partial charge < -0.3 is 4.74 Å². The van der Waals surface area contributed by atoms with Crippen molar-refractivity contribution in [1.29, 1.82) is 0 Å². The fourth-order valence-corrected chi connectivity index (χ4v) is 3.60. The number of ether oxygens (including phenoxy) is 1. The molecule has 3 rings (SSSR count). The summed E-state index contributed by atoms with van der Waals surface area (Å²) in [5.74, 6) is 0.0850. The zero-order valence-corrected chi connectivity index (χ0v) is 17.0. The van der Waals surface area contributed by atoms with Gasteiger partial charge in [0.1, 0.15) is 17.7 Å². The molecule has 0 heterocycles. The van der Waals surface area contributed by atoms with Crippen LogP contribution in [0.2, 0.25) is 0 Å². The molecular weight excluding hydrogens is 367 g/mol. The summed E-state index contributed by atoms with van der Waals surface area (Å²) in [5, 5.41) is 0. The Hall–Kier alpha value is -3.01. The van der Waals surface area contributed by atoms with E-state index in [1.165, 1.54) is 6.07 Å². The monoisotopic (exact) mass is 392 g/mol. The Balaban J connectivity index is 1.67. The van der Waals surface area contributed by atoms with Crippen LogP contribution >= 0.6 is 0 Å². The Kier molecular flexibility index (Phi) is 6.42. The molecule has 0 saturated heterocycles. The topological polar surface area (TPSA) is 43.4 Å². The van der Waals surface area contributed by atoms with E-state index in [4.69, 9.17) is 4.74 Å². The molecule has 2 aromatic carbocycles. The molecule has 1 aliphatic carbocycles. The van der Waals surface area contributed by atoms with Gasteiger partial charge in [-0.3, -0.25) is 9.59 Å². The van der Waals surface area contributed by atoms with E-state index < -0.39 is 11.9 Å². The molecule has 0 aliphatic heterocycles. The van der Waals surface area contributed by atoms with Crippen LogP contribution < -0.4 is 4.74 Å². The van der Waals surface area contributed by atoms with Crippen molar-refractivity contribution in [2.45, 2.75) is 46.1 Å². The number of ketones is 2. The van der Waals surface area contributed by atoms with Crippen LogP contribution in [-0.2, 0) is 4.79 Å². The molecular formula is C25H25FO3. The molecule has 0 fully saturated rings. The molecule has 0 aromatic heterocycles. The normalized spacial score (nSPS) is 15.2. The number of hydrogen-bond donors (Lipinski definition) is 0. The van der Waals surface area contributed by atoms with Crippen LogP contribution in [0.15, 0.2) is 71.3 Å². The average Bonchev–Trinajstić information content (AvgIpc) is 2.67. The van der Waals surface area contributed by atoms with Gasteiger partial charge in [0.25, 0.3) is 0 Å². The Bertz CT molecular complexity index is 986. The molecule has 0 spiro atoms. The number of allylic oxidation sites excluding steroid dienone is 4. The summed E-state index contributed by atoms with van der Waals surface area (Å²) in [6.07, 6.45) is 2.47. The van der Waals surface area contributed by atoms with Gasteiger partial charge in [0, 0.05) is 24.0 Å². The maximum Gasteiger partial charge on any atom is 0.163 e. The van der Waals surface area contributed by atoms with Crippen molar-refractivity contribution in [3.05, 3.63) is 88.3 Å². The van der Waals surface area contributed by atoms with Gasteiger partial charge in [-0.05, 0) is 56.5 Å². The van der Waals surface area contributed by atoms with Crippen molar-refractivity contribution in [3.8, 4) is 5.75 Å². The van der Waals surface area contributed by atoms with Gasteiger partial charge in [-0.25, -0.2) is 4.39 Å². The maximum absolute atomic E-state index is 14.6. The fourth-order valence-electron chi connectivity index (χ4n) is 3.60. The van der Waals surface area contributed by atoms with Crippen molar-refractivity contribution in [2.75, 3.05) is 0 Å². The third-order valence-corrected chi connectivity index (χ3v) is 5.13. The minimum absolute atomic E-state index is 0.0729. The molecule has 0 bridgehead atoms. The van der Waals surface area contributed by atoms with Gasteiger partial charge in [-0.1, -0.05) is 42.0 Å². The summed E-state index contributed by atoms with van der Waals surface area (Å²) in [5.41, 5.74) is 3.36. The zero-order valence-electron chi connectivity index (χ0n) is 17.0. The predicted octanol–water partition coefficient (Wildman–Crippen LogP) is 6.16. The predicted molar refractivity (Wildman–Crippen MR) is 112 cm³/mol. The third kappa shape index (κ3) is 5.08. The lowest BCUT2D eigenvalue weighted by Gasteiger charge is -2.17. The van der Waals surface area contributed by atoms with Gasteiger partial charge >= 0.3 is 0 Å². The van der Waals surface area contributed by atoms with E-state index in [0.29, 0.717) is 35.3 Å². The summed E-state index contributed by atoms with van der Waals surface area (Å²) in [6.45, 7) is 5.59. The summed E-state index contributed by atoms with van der Waals surface area (Å²) < 4.78 is 20.4. The average molecular weight is 392 g/mol. The van der Waals surface area contributed by atoms with Crippen LogP contribution in [0.4, 0.5) is 4.39 Å². The number of Topliss-reactive ketones (excluding diaryl/α,β-unsaturated/α-hetero) is 2. The Labute approximate surface area is 170 Å². The van der Waals surface area contributed by atoms with E-state index in [2.05, 4.69) is 0 Å². The number of carbonyl (C=O) groups is 2. The van der Waals surface area contributed by atoms with Crippen molar-refractivity contribution in [1.82, 2.24) is 0 Å². The first-order valence-corrected chi connectivity index (χ1v) is 9.79. The maximum atomic E-state index is 14.6. The summed E-state index contributed by atoms with van der Waals surface area (Å²) >= 11 is 0. The molecule has 150 valence electrons. The van der Waals surface area contributed by atoms with E-state index in [1.807, 2.05) is 50.3 Å². The number of hydrogen-bond acceptors (Lipinski definition) is 3. The smallest absolute Gasteiger partial charge is 0.163 e. The number of carbonyl (C=O) groups excluding carboxylic acids is 2. The van der Waals surface area contributed by atoms with Crippen molar-refractivity contribution in [2.24, 2.45) is 0 Å². The SMILES string of the molecule is CC1=CC(C)=C(CCC(=O)c2ccc([C@@H](C)Oc3ccccc3)c(F)c2)C(=O)C1. The van der Waals surface area contributed by atoms with Crippen molar-refractivity contribution in [3.63, 3.8) is 0 Å². The molecule has 0 N–H and O–H groups in total. The minimum atomic E-state index is -0.482. The van der Waals surface area contributed by atoms with Gasteiger partial charge in [-0.2, -0.15) is 0 Å².